The number of halogens is 1. The molecule has 2 heterocycles. The lowest BCUT2D eigenvalue weighted by atomic mass is 10.2. The van der Waals surface area contributed by atoms with E-state index in [1.165, 1.54) is 5.56 Å². The van der Waals surface area contributed by atoms with E-state index >= 15 is 0 Å². The highest BCUT2D eigenvalue weighted by Crippen LogP contribution is 2.15. The Hall–Kier alpha value is -1.39. The summed E-state index contributed by atoms with van der Waals surface area (Å²) in [4.78, 5) is 3.99. The van der Waals surface area contributed by atoms with Gasteiger partial charge >= 0.3 is 0 Å². The Labute approximate surface area is 125 Å². The van der Waals surface area contributed by atoms with Crippen LogP contribution in [0.4, 0.5) is 0 Å². The molecule has 4 nitrogen and oxygen atoms in total. The molecule has 5 heteroatoms. The van der Waals surface area contributed by atoms with Crippen molar-refractivity contribution in [1.82, 2.24) is 20.1 Å². The minimum absolute atomic E-state index is 0.654. The molecule has 1 N–H and O–H groups in total. The van der Waals surface area contributed by atoms with Crippen LogP contribution in [0.25, 0.3) is 0 Å². The molecular formula is C15H21ClN4. The van der Waals surface area contributed by atoms with Gasteiger partial charge in [0.2, 0.25) is 0 Å². The first-order valence-corrected chi connectivity index (χ1v) is 7.26. The van der Waals surface area contributed by atoms with Crippen LogP contribution < -0.4 is 5.32 Å². The van der Waals surface area contributed by atoms with E-state index in [9.17, 15) is 0 Å². The molecule has 0 aliphatic carbocycles. The SMILES string of the molecule is Cc1nn(Cc2ccncc2Cl)cc1CNCC(C)C. The maximum atomic E-state index is 6.12. The number of aryl methyl sites for hydroxylation is 1. The summed E-state index contributed by atoms with van der Waals surface area (Å²) in [6.45, 7) is 8.99. The van der Waals surface area contributed by atoms with Crippen LogP contribution >= 0.6 is 11.6 Å². The van der Waals surface area contributed by atoms with Gasteiger partial charge < -0.3 is 5.32 Å². The van der Waals surface area contributed by atoms with Gasteiger partial charge in [0.25, 0.3) is 0 Å². The van der Waals surface area contributed by atoms with Crippen molar-refractivity contribution in [3.8, 4) is 0 Å². The van der Waals surface area contributed by atoms with Crippen molar-refractivity contribution in [2.75, 3.05) is 6.54 Å². The molecule has 0 saturated carbocycles. The zero-order valence-electron chi connectivity index (χ0n) is 12.2. The third-order valence-corrected chi connectivity index (χ3v) is 3.45. The summed E-state index contributed by atoms with van der Waals surface area (Å²) in [5, 5.41) is 8.66. The maximum absolute atomic E-state index is 6.12. The largest absolute Gasteiger partial charge is 0.312 e. The van der Waals surface area contributed by atoms with Gasteiger partial charge in [-0.2, -0.15) is 5.10 Å². The Morgan fingerprint density at radius 1 is 1.35 bits per heavy atom. The van der Waals surface area contributed by atoms with Gasteiger partial charge in [0, 0.05) is 30.7 Å². The van der Waals surface area contributed by atoms with Gasteiger partial charge in [-0.25, -0.2) is 0 Å². The van der Waals surface area contributed by atoms with Gasteiger partial charge in [0.1, 0.15) is 0 Å². The molecule has 0 fully saturated rings. The van der Waals surface area contributed by atoms with Crippen LogP contribution in [0.2, 0.25) is 5.02 Å². The second-order valence-electron chi connectivity index (χ2n) is 5.43. The monoisotopic (exact) mass is 292 g/mol. The quantitative estimate of drug-likeness (QED) is 0.890. The van der Waals surface area contributed by atoms with E-state index in [4.69, 9.17) is 11.6 Å². The van der Waals surface area contributed by atoms with Gasteiger partial charge in [-0.15, -0.1) is 0 Å². The van der Waals surface area contributed by atoms with Crippen LogP contribution in [0.5, 0.6) is 0 Å². The van der Waals surface area contributed by atoms with Crippen LogP contribution in [0.15, 0.2) is 24.7 Å². The van der Waals surface area contributed by atoms with Crippen LogP contribution in [-0.2, 0) is 13.1 Å². The van der Waals surface area contributed by atoms with Crippen LogP contribution in [0, 0.1) is 12.8 Å². The first kappa shape index (κ1) is 15.0. The predicted octanol–water partition coefficient (Wildman–Crippen LogP) is 3.03. The highest BCUT2D eigenvalue weighted by Gasteiger charge is 2.07. The minimum Gasteiger partial charge on any atom is -0.312 e. The fraction of sp³-hybridized carbons (Fsp3) is 0.467. The van der Waals surface area contributed by atoms with E-state index in [-0.39, 0.29) is 0 Å². The van der Waals surface area contributed by atoms with Crippen molar-refractivity contribution in [3.05, 3.63) is 46.5 Å². The molecule has 108 valence electrons. The second kappa shape index (κ2) is 6.86. The summed E-state index contributed by atoms with van der Waals surface area (Å²) in [5.74, 6) is 0.654. The number of hydrogen-bond donors (Lipinski definition) is 1. The number of aromatic nitrogens is 3. The van der Waals surface area contributed by atoms with E-state index in [0.717, 1.165) is 24.3 Å². The molecule has 2 rings (SSSR count). The summed E-state index contributed by atoms with van der Waals surface area (Å²) in [6.07, 6.45) is 5.50. The van der Waals surface area contributed by atoms with Gasteiger partial charge in [0.15, 0.2) is 0 Å². The van der Waals surface area contributed by atoms with Crippen LogP contribution in [-0.4, -0.2) is 21.3 Å². The molecule has 0 aromatic carbocycles. The molecule has 2 aromatic heterocycles. The Morgan fingerprint density at radius 2 is 2.15 bits per heavy atom. The summed E-state index contributed by atoms with van der Waals surface area (Å²) in [7, 11) is 0. The molecular weight excluding hydrogens is 272 g/mol. The number of nitrogens with one attached hydrogen (secondary N) is 1. The lowest BCUT2D eigenvalue weighted by molar-refractivity contribution is 0.551. The number of hydrogen-bond acceptors (Lipinski definition) is 3. The van der Waals surface area contributed by atoms with E-state index in [1.807, 2.05) is 17.7 Å². The Balaban J connectivity index is 2.02. The first-order valence-electron chi connectivity index (χ1n) is 6.88. The van der Waals surface area contributed by atoms with E-state index in [1.54, 1.807) is 12.4 Å². The molecule has 0 aliphatic heterocycles. The molecule has 0 radical (unpaired) electrons. The van der Waals surface area contributed by atoms with Crippen molar-refractivity contribution in [2.45, 2.75) is 33.9 Å². The van der Waals surface area contributed by atoms with E-state index in [0.29, 0.717) is 17.5 Å². The van der Waals surface area contributed by atoms with Crippen molar-refractivity contribution < 1.29 is 0 Å². The summed E-state index contributed by atoms with van der Waals surface area (Å²) < 4.78 is 1.93. The fourth-order valence-electron chi connectivity index (χ4n) is 2.02. The Morgan fingerprint density at radius 3 is 2.85 bits per heavy atom. The number of rotatable bonds is 6. The van der Waals surface area contributed by atoms with Gasteiger partial charge in [-0.3, -0.25) is 9.67 Å². The smallest absolute Gasteiger partial charge is 0.0675 e. The standard InChI is InChI=1S/C15H21ClN4/c1-11(2)6-18-7-14-10-20(19-12(14)3)9-13-4-5-17-8-15(13)16/h4-5,8,10-11,18H,6-7,9H2,1-3H3. The highest BCUT2D eigenvalue weighted by atomic mass is 35.5. The average Bonchev–Trinajstić information content (AvgIpc) is 2.72. The average molecular weight is 293 g/mol. The van der Waals surface area contributed by atoms with Gasteiger partial charge in [-0.1, -0.05) is 25.4 Å². The third kappa shape index (κ3) is 4.05. The van der Waals surface area contributed by atoms with E-state index in [2.05, 4.69) is 35.4 Å². The third-order valence-electron chi connectivity index (χ3n) is 3.10. The Kier molecular flexibility index (Phi) is 5.15. The first-order chi connectivity index (χ1) is 9.56. The minimum atomic E-state index is 0.654. The number of pyridine rings is 1. The maximum Gasteiger partial charge on any atom is 0.0675 e. The van der Waals surface area contributed by atoms with Crippen molar-refractivity contribution in [1.29, 1.82) is 0 Å². The lowest BCUT2D eigenvalue weighted by Crippen LogP contribution is -2.19. The molecule has 0 unspecified atom stereocenters. The van der Waals surface area contributed by atoms with Crippen LogP contribution in [0.3, 0.4) is 0 Å². The molecule has 0 bridgehead atoms. The molecule has 0 spiro atoms. The molecule has 0 amide bonds. The zero-order chi connectivity index (χ0) is 14.5. The van der Waals surface area contributed by atoms with Gasteiger partial charge in [-0.05, 0) is 31.0 Å². The molecule has 0 atom stereocenters. The number of nitrogens with zero attached hydrogens (tertiary/aromatic N) is 3. The normalized spacial score (nSPS) is 11.2. The van der Waals surface area contributed by atoms with Crippen molar-refractivity contribution in [3.63, 3.8) is 0 Å². The summed E-state index contributed by atoms with van der Waals surface area (Å²) in [6, 6.07) is 1.93. The Bertz CT molecular complexity index is 563. The molecule has 0 aliphatic rings. The topological polar surface area (TPSA) is 42.7 Å². The molecule has 0 saturated heterocycles. The lowest BCUT2D eigenvalue weighted by Gasteiger charge is -2.06. The van der Waals surface area contributed by atoms with Crippen molar-refractivity contribution in [2.24, 2.45) is 5.92 Å². The zero-order valence-corrected chi connectivity index (χ0v) is 13.0. The summed E-state index contributed by atoms with van der Waals surface area (Å²) >= 11 is 6.12. The van der Waals surface area contributed by atoms with Gasteiger partial charge in [0.05, 0.1) is 17.3 Å². The molecule has 2 aromatic rings. The predicted molar refractivity (Wildman–Crippen MR) is 81.9 cm³/mol. The van der Waals surface area contributed by atoms with Crippen molar-refractivity contribution >= 4 is 11.6 Å². The van der Waals surface area contributed by atoms with Crippen LogP contribution in [0.1, 0.15) is 30.7 Å². The highest BCUT2D eigenvalue weighted by molar-refractivity contribution is 6.31. The molecule has 20 heavy (non-hydrogen) atoms. The second-order valence-corrected chi connectivity index (χ2v) is 5.84. The summed E-state index contributed by atoms with van der Waals surface area (Å²) in [5.41, 5.74) is 3.33. The fourth-order valence-corrected chi connectivity index (χ4v) is 2.19. The van der Waals surface area contributed by atoms with E-state index < -0.39 is 0 Å².